The van der Waals surface area contributed by atoms with E-state index in [0.717, 1.165) is 12.2 Å². The van der Waals surface area contributed by atoms with E-state index in [1.165, 1.54) is 10.5 Å². The van der Waals surface area contributed by atoms with Gasteiger partial charge in [0.2, 0.25) is 0 Å². The minimum Gasteiger partial charge on any atom is -0.350 e. The Labute approximate surface area is 142 Å². The monoisotopic (exact) mass is 334 g/mol. The third-order valence-corrected chi connectivity index (χ3v) is 3.69. The lowest BCUT2D eigenvalue weighted by atomic mass is 10.1. The van der Waals surface area contributed by atoms with Crippen LogP contribution in [0.1, 0.15) is 11.6 Å². The zero-order valence-corrected chi connectivity index (χ0v) is 14.3. The van der Waals surface area contributed by atoms with Gasteiger partial charge in [-0.2, -0.15) is 0 Å². The molecular formula is C17H21ClN3S+. The lowest BCUT2D eigenvalue weighted by Gasteiger charge is -2.22. The molecule has 2 aromatic rings. The molecule has 0 aromatic heterocycles. The molecule has 0 spiro atoms. The highest BCUT2D eigenvalue weighted by Crippen LogP contribution is 2.14. The number of quaternary nitrogens is 1. The van der Waals surface area contributed by atoms with E-state index < -0.39 is 0 Å². The van der Waals surface area contributed by atoms with E-state index >= 15 is 0 Å². The van der Waals surface area contributed by atoms with E-state index in [2.05, 4.69) is 36.9 Å². The Balaban J connectivity index is 2.03. The van der Waals surface area contributed by atoms with Gasteiger partial charge in [-0.15, -0.1) is 0 Å². The van der Waals surface area contributed by atoms with E-state index in [1.807, 2.05) is 42.5 Å². The standard InChI is InChI=1S/C17H20ClN3S/c1-21(2)12-16(13-6-4-3-5-7-13)20-17(22)19-15-10-8-14(18)9-11-15/h3-11,16H,12H2,1-2H3,(H2,19,20,22)/p+1/t16-/m0/s1. The summed E-state index contributed by atoms with van der Waals surface area (Å²) in [5.41, 5.74) is 2.15. The van der Waals surface area contributed by atoms with Crippen molar-refractivity contribution in [1.29, 1.82) is 0 Å². The van der Waals surface area contributed by atoms with Crippen LogP contribution in [0.15, 0.2) is 54.6 Å². The summed E-state index contributed by atoms with van der Waals surface area (Å²) in [6.07, 6.45) is 0. The highest BCUT2D eigenvalue weighted by atomic mass is 35.5. The fourth-order valence-electron chi connectivity index (χ4n) is 2.20. The first-order valence-corrected chi connectivity index (χ1v) is 8.00. The van der Waals surface area contributed by atoms with Crippen molar-refractivity contribution in [3.05, 3.63) is 65.2 Å². The van der Waals surface area contributed by atoms with Gasteiger partial charge in [-0.25, -0.2) is 0 Å². The molecule has 116 valence electrons. The number of nitrogens with one attached hydrogen (secondary N) is 3. The molecular weight excluding hydrogens is 314 g/mol. The predicted molar refractivity (Wildman–Crippen MR) is 97.7 cm³/mol. The largest absolute Gasteiger partial charge is 0.350 e. The molecule has 3 N–H and O–H groups in total. The van der Waals surface area contributed by atoms with Crippen LogP contribution in [0, 0.1) is 0 Å². The summed E-state index contributed by atoms with van der Waals surface area (Å²) < 4.78 is 0. The third kappa shape index (κ3) is 5.30. The van der Waals surface area contributed by atoms with Crippen LogP contribution in [0.2, 0.25) is 5.02 Å². The van der Waals surface area contributed by atoms with Gasteiger partial charge in [0.05, 0.1) is 14.1 Å². The molecule has 0 aliphatic rings. The molecule has 2 aromatic carbocycles. The zero-order valence-electron chi connectivity index (χ0n) is 12.8. The van der Waals surface area contributed by atoms with Crippen molar-refractivity contribution in [2.45, 2.75) is 6.04 Å². The normalized spacial score (nSPS) is 12.0. The summed E-state index contributed by atoms with van der Waals surface area (Å²) in [5.74, 6) is 0. The quantitative estimate of drug-likeness (QED) is 0.734. The molecule has 3 nitrogen and oxygen atoms in total. The van der Waals surface area contributed by atoms with Crippen LogP contribution in [-0.2, 0) is 0 Å². The molecule has 22 heavy (non-hydrogen) atoms. The molecule has 0 fully saturated rings. The van der Waals surface area contributed by atoms with E-state index in [-0.39, 0.29) is 6.04 Å². The van der Waals surface area contributed by atoms with Gasteiger partial charge in [-0.3, -0.25) is 0 Å². The van der Waals surface area contributed by atoms with Crippen molar-refractivity contribution in [3.8, 4) is 0 Å². The molecule has 0 saturated heterocycles. The van der Waals surface area contributed by atoms with Crippen molar-refractivity contribution >= 4 is 34.6 Å². The fraction of sp³-hybridized carbons (Fsp3) is 0.235. The average Bonchev–Trinajstić information content (AvgIpc) is 2.49. The van der Waals surface area contributed by atoms with Crippen LogP contribution >= 0.6 is 23.8 Å². The van der Waals surface area contributed by atoms with Crippen molar-refractivity contribution in [3.63, 3.8) is 0 Å². The van der Waals surface area contributed by atoms with E-state index in [4.69, 9.17) is 23.8 Å². The molecule has 0 unspecified atom stereocenters. The summed E-state index contributed by atoms with van der Waals surface area (Å²) in [4.78, 5) is 1.36. The fourth-order valence-corrected chi connectivity index (χ4v) is 2.59. The topological polar surface area (TPSA) is 28.5 Å². The molecule has 0 saturated carbocycles. The lowest BCUT2D eigenvalue weighted by molar-refractivity contribution is -0.860. The zero-order chi connectivity index (χ0) is 15.9. The van der Waals surface area contributed by atoms with Crippen molar-refractivity contribution in [1.82, 2.24) is 5.32 Å². The van der Waals surface area contributed by atoms with Crippen LogP contribution in [0.4, 0.5) is 5.69 Å². The number of benzene rings is 2. The van der Waals surface area contributed by atoms with E-state index in [1.54, 1.807) is 0 Å². The Morgan fingerprint density at radius 1 is 1.09 bits per heavy atom. The first-order chi connectivity index (χ1) is 10.5. The van der Waals surface area contributed by atoms with Gasteiger partial charge in [0.1, 0.15) is 12.6 Å². The number of halogens is 1. The molecule has 5 heteroatoms. The van der Waals surface area contributed by atoms with Gasteiger partial charge >= 0.3 is 0 Å². The van der Waals surface area contributed by atoms with Crippen molar-refractivity contribution < 1.29 is 4.90 Å². The maximum Gasteiger partial charge on any atom is 0.171 e. The minimum atomic E-state index is 0.165. The Morgan fingerprint density at radius 3 is 2.32 bits per heavy atom. The molecule has 0 bridgehead atoms. The Bertz CT molecular complexity index is 599. The molecule has 0 aliphatic carbocycles. The first-order valence-electron chi connectivity index (χ1n) is 7.21. The van der Waals surface area contributed by atoms with Crippen LogP contribution in [0.5, 0.6) is 0 Å². The molecule has 0 amide bonds. The lowest BCUT2D eigenvalue weighted by Crippen LogP contribution is -3.06. The highest BCUT2D eigenvalue weighted by Gasteiger charge is 2.15. The molecule has 0 aliphatic heterocycles. The summed E-state index contributed by atoms with van der Waals surface area (Å²) in [6, 6.07) is 18.0. The molecule has 0 heterocycles. The number of thiocarbonyl (C=S) groups is 1. The Hall–Kier alpha value is -1.62. The van der Waals surface area contributed by atoms with Crippen molar-refractivity contribution in [2.75, 3.05) is 26.0 Å². The summed E-state index contributed by atoms with van der Waals surface area (Å²) in [6.45, 7) is 0.937. The van der Waals surface area contributed by atoms with Crippen LogP contribution in [0.25, 0.3) is 0 Å². The predicted octanol–water partition coefficient (Wildman–Crippen LogP) is 2.51. The third-order valence-electron chi connectivity index (χ3n) is 3.22. The van der Waals surface area contributed by atoms with Crippen molar-refractivity contribution in [2.24, 2.45) is 0 Å². The highest BCUT2D eigenvalue weighted by molar-refractivity contribution is 7.80. The number of rotatable bonds is 5. The van der Waals surface area contributed by atoms with Gasteiger partial charge < -0.3 is 15.5 Å². The van der Waals surface area contributed by atoms with Crippen LogP contribution in [0.3, 0.4) is 0 Å². The Kier molecular flexibility index (Phi) is 6.19. The number of hydrogen-bond acceptors (Lipinski definition) is 1. The second kappa shape index (κ2) is 8.13. The van der Waals surface area contributed by atoms with Crippen LogP contribution < -0.4 is 15.5 Å². The van der Waals surface area contributed by atoms with Gasteiger partial charge in [-0.05, 0) is 42.0 Å². The summed E-state index contributed by atoms with van der Waals surface area (Å²) in [5, 5.41) is 7.91. The maximum atomic E-state index is 5.89. The van der Waals surface area contributed by atoms with Crippen LogP contribution in [-0.4, -0.2) is 25.8 Å². The van der Waals surface area contributed by atoms with E-state index in [0.29, 0.717) is 10.1 Å². The summed E-state index contributed by atoms with van der Waals surface area (Å²) in [7, 11) is 4.26. The van der Waals surface area contributed by atoms with E-state index in [9.17, 15) is 0 Å². The maximum absolute atomic E-state index is 5.89. The van der Waals surface area contributed by atoms with Gasteiger partial charge in [-0.1, -0.05) is 41.9 Å². The molecule has 0 radical (unpaired) electrons. The smallest absolute Gasteiger partial charge is 0.171 e. The second-order valence-corrected chi connectivity index (χ2v) is 6.32. The van der Waals surface area contributed by atoms with Gasteiger partial charge in [0, 0.05) is 10.7 Å². The number of anilines is 1. The number of hydrogen-bond donors (Lipinski definition) is 3. The Morgan fingerprint density at radius 2 is 1.73 bits per heavy atom. The van der Waals surface area contributed by atoms with Gasteiger partial charge in [0.25, 0.3) is 0 Å². The summed E-state index contributed by atoms with van der Waals surface area (Å²) >= 11 is 11.3. The number of likely N-dealkylation sites (N-methyl/N-ethyl adjacent to an activating group) is 1. The van der Waals surface area contributed by atoms with Gasteiger partial charge in [0.15, 0.2) is 5.11 Å². The SMILES string of the molecule is C[NH+](C)C[C@H](NC(=S)Nc1ccc(Cl)cc1)c1ccccc1. The first kappa shape index (κ1) is 16.7. The molecule has 1 atom stereocenters. The molecule has 2 rings (SSSR count). The minimum absolute atomic E-state index is 0.165. The second-order valence-electron chi connectivity index (χ2n) is 5.48. The average molecular weight is 335 g/mol.